The molecule has 0 aromatic heterocycles. The van der Waals surface area contributed by atoms with Gasteiger partial charge in [0.15, 0.2) is 11.5 Å². The van der Waals surface area contributed by atoms with Gasteiger partial charge in [0.05, 0.1) is 0 Å². The van der Waals surface area contributed by atoms with E-state index in [1.165, 1.54) is 6.07 Å². The van der Waals surface area contributed by atoms with Gasteiger partial charge >= 0.3 is 0 Å². The first kappa shape index (κ1) is 11.0. The fourth-order valence-corrected chi connectivity index (χ4v) is 1.60. The van der Waals surface area contributed by atoms with E-state index in [1.54, 1.807) is 36.4 Å². The Bertz CT molecular complexity index is 579. The molecule has 0 aliphatic rings. The van der Waals surface area contributed by atoms with Gasteiger partial charge in [0.1, 0.15) is 0 Å². The Kier molecular flexibility index (Phi) is 2.70. The van der Waals surface area contributed by atoms with Crippen LogP contribution >= 0.6 is 0 Å². The van der Waals surface area contributed by atoms with E-state index in [-0.39, 0.29) is 11.5 Å². The quantitative estimate of drug-likeness (QED) is 0.687. The number of amides is 1. The number of aromatic hydroxyl groups is 2. The molecule has 0 saturated carbocycles. The average molecular weight is 229 g/mol. The van der Waals surface area contributed by atoms with E-state index in [0.29, 0.717) is 16.7 Å². The number of rotatable bonds is 2. The Balaban J connectivity index is 2.57. The van der Waals surface area contributed by atoms with E-state index in [2.05, 4.69) is 0 Å². The predicted octanol–water partition coefficient (Wildman–Crippen LogP) is 1.86. The first-order chi connectivity index (χ1) is 8.09. The third-order valence-electron chi connectivity index (χ3n) is 2.47. The summed E-state index contributed by atoms with van der Waals surface area (Å²) < 4.78 is 0. The molecule has 0 spiro atoms. The van der Waals surface area contributed by atoms with Crippen molar-refractivity contribution >= 4 is 5.91 Å². The van der Waals surface area contributed by atoms with Crippen molar-refractivity contribution in [1.29, 1.82) is 0 Å². The Morgan fingerprint density at radius 2 is 1.76 bits per heavy atom. The van der Waals surface area contributed by atoms with E-state index in [4.69, 9.17) is 5.73 Å². The third kappa shape index (κ3) is 2.06. The Morgan fingerprint density at radius 1 is 1.06 bits per heavy atom. The molecule has 1 amide bonds. The second kappa shape index (κ2) is 4.17. The molecule has 2 aromatic rings. The van der Waals surface area contributed by atoms with Crippen molar-refractivity contribution in [2.45, 2.75) is 0 Å². The number of phenolic OH excluding ortho intramolecular Hbond substituents is 2. The molecule has 4 heteroatoms. The van der Waals surface area contributed by atoms with Gasteiger partial charge in [0, 0.05) is 11.1 Å². The van der Waals surface area contributed by atoms with Gasteiger partial charge in [-0.15, -0.1) is 0 Å². The van der Waals surface area contributed by atoms with Crippen LogP contribution in [-0.4, -0.2) is 16.1 Å². The number of phenols is 2. The van der Waals surface area contributed by atoms with Crippen molar-refractivity contribution in [1.82, 2.24) is 0 Å². The Labute approximate surface area is 97.9 Å². The van der Waals surface area contributed by atoms with E-state index >= 15 is 0 Å². The second-order valence-electron chi connectivity index (χ2n) is 3.62. The molecular formula is C13H11NO3. The van der Waals surface area contributed by atoms with Gasteiger partial charge in [0.25, 0.3) is 0 Å². The molecule has 2 rings (SSSR count). The third-order valence-corrected chi connectivity index (χ3v) is 2.47. The van der Waals surface area contributed by atoms with Crippen LogP contribution in [0.25, 0.3) is 11.1 Å². The summed E-state index contributed by atoms with van der Waals surface area (Å²) in [7, 11) is 0. The fourth-order valence-electron chi connectivity index (χ4n) is 1.60. The highest BCUT2D eigenvalue weighted by molar-refractivity contribution is 5.94. The van der Waals surface area contributed by atoms with Crippen molar-refractivity contribution in [3.63, 3.8) is 0 Å². The molecular weight excluding hydrogens is 218 g/mol. The summed E-state index contributed by atoms with van der Waals surface area (Å²) in [6.07, 6.45) is 0. The van der Waals surface area contributed by atoms with Crippen LogP contribution in [0.3, 0.4) is 0 Å². The Morgan fingerprint density at radius 3 is 2.47 bits per heavy atom. The summed E-state index contributed by atoms with van der Waals surface area (Å²) in [6, 6.07) is 11.2. The molecule has 0 unspecified atom stereocenters. The molecule has 0 atom stereocenters. The van der Waals surface area contributed by atoms with Crippen LogP contribution in [0.2, 0.25) is 0 Å². The molecule has 0 heterocycles. The maximum atomic E-state index is 11.0. The maximum absolute atomic E-state index is 11.0. The first-order valence-corrected chi connectivity index (χ1v) is 5.01. The zero-order chi connectivity index (χ0) is 12.4. The highest BCUT2D eigenvalue weighted by Crippen LogP contribution is 2.36. The van der Waals surface area contributed by atoms with Gasteiger partial charge < -0.3 is 15.9 Å². The maximum Gasteiger partial charge on any atom is 0.248 e. The summed E-state index contributed by atoms with van der Waals surface area (Å²) in [5.74, 6) is -0.951. The molecule has 2 aromatic carbocycles. The molecule has 0 saturated heterocycles. The molecule has 0 bridgehead atoms. The van der Waals surface area contributed by atoms with Gasteiger partial charge in [-0.25, -0.2) is 0 Å². The van der Waals surface area contributed by atoms with E-state index in [0.717, 1.165) is 0 Å². The number of carbonyl (C=O) groups is 1. The number of hydrogen-bond acceptors (Lipinski definition) is 3. The summed E-state index contributed by atoms with van der Waals surface area (Å²) in [6.45, 7) is 0. The molecule has 4 nitrogen and oxygen atoms in total. The van der Waals surface area contributed by atoms with Crippen molar-refractivity contribution in [3.05, 3.63) is 48.0 Å². The Hall–Kier alpha value is -2.49. The lowest BCUT2D eigenvalue weighted by molar-refractivity contribution is 0.100. The van der Waals surface area contributed by atoms with Crippen molar-refractivity contribution in [2.75, 3.05) is 0 Å². The topological polar surface area (TPSA) is 83.6 Å². The SMILES string of the molecule is NC(=O)c1cccc(-c2cccc(O)c2O)c1. The van der Waals surface area contributed by atoms with E-state index in [1.807, 2.05) is 0 Å². The van der Waals surface area contributed by atoms with Crippen LogP contribution in [0.4, 0.5) is 0 Å². The zero-order valence-corrected chi connectivity index (χ0v) is 8.92. The van der Waals surface area contributed by atoms with Gasteiger partial charge in [-0.05, 0) is 23.8 Å². The zero-order valence-electron chi connectivity index (χ0n) is 8.92. The van der Waals surface area contributed by atoms with Crippen LogP contribution in [0.15, 0.2) is 42.5 Å². The predicted molar refractivity (Wildman–Crippen MR) is 63.7 cm³/mol. The molecule has 4 N–H and O–H groups in total. The number of para-hydroxylation sites is 1. The monoisotopic (exact) mass is 229 g/mol. The van der Waals surface area contributed by atoms with E-state index in [9.17, 15) is 15.0 Å². The molecule has 0 aliphatic carbocycles. The first-order valence-electron chi connectivity index (χ1n) is 5.01. The average Bonchev–Trinajstić information content (AvgIpc) is 2.33. The minimum Gasteiger partial charge on any atom is -0.504 e. The molecule has 0 radical (unpaired) electrons. The minimum absolute atomic E-state index is 0.202. The van der Waals surface area contributed by atoms with Gasteiger partial charge in [0.2, 0.25) is 5.91 Å². The standard InChI is InChI=1S/C13H11NO3/c14-13(17)9-4-1-3-8(7-9)10-5-2-6-11(15)12(10)16/h1-7,15-16H,(H2,14,17). The second-order valence-corrected chi connectivity index (χ2v) is 3.62. The molecule has 86 valence electrons. The molecule has 0 fully saturated rings. The lowest BCUT2D eigenvalue weighted by Gasteiger charge is -2.07. The minimum atomic E-state index is -0.536. The van der Waals surface area contributed by atoms with Crippen molar-refractivity contribution in [2.24, 2.45) is 5.73 Å². The van der Waals surface area contributed by atoms with Crippen LogP contribution in [-0.2, 0) is 0 Å². The molecule has 0 aliphatic heterocycles. The lowest BCUT2D eigenvalue weighted by Crippen LogP contribution is -2.10. The number of nitrogens with two attached hydrogens (primary N) is 1. The highest BCUT2D eigenvalue weighted by atomic mass is 16.3. The summed E-state index contributed by atoms with van der Waals surface area (Å²) in [5, 5.41) is 19.1. The van der Waals surface area contributed by atoms with Crippen LogP contribution in [0.1, 0.15) is 10.4 Å². The summed E-state index contributed by atoms with van der Waals surface area (Å²) in [4.78, 5) is 11.0. The molecule has 17 heavy (non-hydrogen) atoms. The van der Waals surface area contributed by atoms with Crippen molar-refractivity contribution in [3.8, 4) is 22.6 Å². The van der Waals surface area contributed by atoms with Crippen molar-refractivity contribution < 1.29 is 15.0 Å². The van der Waals surface area contributed by atoms with Gasteiger partial charge in [-0.1, -0.05) is 24.3 Å². The summed E-state index contributed by atoms with van der Waals surface area (Å²) >= 11 is 0. The fraction of sp³-hybridized carbons (Fsp3) is 0. The van der Waals surface area contributed by atoms with Crippen LogP contribution in [0, 0.1) is 0 Å². The smallest absolute Gasteiger partial charge is 0.248 e. The number of carbonyl (C=O) groups excluding carboxylic acids is 1. The van der Waals surface area contributed by atoms with Gasteiger partial charge in [-0.2, -0.15) is 0 Å². The number of hydrogen-bond donors (Lipinski definition) is 3. The van der Waals surface area contributed by atoms with Crippen LogP contribution in [0.5, 0.6) is 11.5 Å². The van der Waals surface area contributed by atoms with Crippen LogP contribution < -0.4 is 5.73 Å². The number of primary amides is 1. The van der Waals surface area contributed by atoms with Gasteiger partial charge in [-0.3, -0.25) is 4.79 Å². The number of benzene rings is 2. The normalized spacial score (nSPS) is 10.1. The largest absolute Gasteiger partial charge is 0.504 e. The lowest BCUT2D eigenvalue weighted by atomic mass is 10.0. The summed E-state index contributed by atoms with van der Waals surface area (Å²) in [5.41, 5.74) is 6.60. The highest BCUT2D eigenvalue weighted by Gasteiger charge is 2.09. The van der Waals surface area contributed by atoms with E-state index < -0.39 is 5.91 Å².